The van der Waals surface area contributed by atoms with Gasteiger partial charge in [0.2, 0.25) is 0 Å². The van der Waals surface area contributed by atoms with Gasteiger partial charge in [-0.15, -0.1) is 0 Å². The van der Waals surface area contributed by atoms with E-state index in [2.05, 4.69) is 15.9 Å². The number of fused-ring (bicyclic) bond motifs is 1. The average molecular weight is 379 g/mol. The second-order valence-corrected chi connectivity index (χ2v) is 6.35. The predicted molar refractivity (Wildman–Crippen MR) is 91.7 cm³/mol. The molecule has 2 aromatic carbocycles. The zero-order valence-corrected chi connectivity index (χ0v) is 14.4. The van der Waals surface area contributed by atoms with E-state index >= 15 is 0 Å². The van der Waals surface area contributed by atoms with Crippen molar-refractivity contribution >= 4 is 32.7 Å². The highest BCUT2D eigenvalue weighted by atomic mass is 79.9. The molecule has 1 saturated heterocycles. The minimum absolute atomic E-state index is 0.0279. The van der Waals surface area contributed by atoms with Crippen LogP contribution < -0.4 is 4.74 Å². The van der Waals surface area contributed by atoms with Crippen LogP contribution in [0.2, 0.25) is 0 Å². The van der Waals surface area contributed by atoms with Crippen LogP contribution in [0.1, 0.15) is 19.3 Å². The Bertz CT molecular complexity index is 680. The Hall–Kier alpha value is -1.59. The topological polar surface area (TPSA) is 44.8 Å². The van der Waals surface area contributed by atoms with Gasteiger partial charge in [-0.3, -0.25) is 0 Å². The largest absolute Gasteiger partial charge is 0.481 e. The van der Waals surface area contributed by atoms with E-state index in [4.69, 9.17) is 14.2 Å². The molecule has 1 atom stereocenters. The first-order valence-electron chi connectivity index (χ1n) is 7.81. The number of esters is 1. The maximum absolute atomic E-state index is 11.8. The number of halogens is 1. The zero-order chi connectivity index (χ0) is 16.1. The second-order valence-electron chi connectivity index (χ2n) is 5.56. The van der Waals surface area contributed by atoms with Gasteiger partial charge in [-0.05, 0) is 52.0 Å². The summed E-state index contributed by atoms with van der Waals surface area (Å²) in [5.41, 5.74) is 0. The number of hydrogen-bond acceptors (Lipinski definition) is 4. The summed E-state index contributed by atoms with van der Waals surface area (Å²) in [6.45, 7) is 0.952. The van der Waals surface area contributed by atoms with E-state index < -0.39 is 0 Å². The molecule has 2 aromatic rings. The Morgan fingerprint density at radius 2 is 2.09 bits per heavy atom. The van der Waals surface area contributed by atoms with Crippen molar-refractivity contribution in [1.29, 1.82) is 0 Å². The normalized spacial score (nSPS) is 17.9. The lowest BCUT2D eigenvalue weighted by Crippen LogP contribution is -2.27. The lowest BCUT2D eigenvalue weighted by atomic mass is 10.1. The fourth-order valence-electron chi connectivity index (χ4n) is 2.63. The van der Waals surface area contributed by atoms with Gasteiger partial charge in [-0.25, -0.2) is 4.79 Å². The van der Waals surface area contributed by atoms with Crippen molar-refractivity contribution in [2.75, 3.05) is 19.8 Å². The van der Waals surface area contributed by atoms with Gasteiger partial charge in [0.25, 0.3) is 0 Å². The first kappa shape index (κ1) is 16.3. The molecule has 1 fully saturated rings. The number of ether oxygens (including phenoxy) is 3. The molecular formula is C18H19BrO4. The minimum atomic E-state index is -0.376. The van der Waals surface area contributed by atoms with E-state index in [9.17, 15) is 4.79 Å². The molecule has 5 heteroatoms. The van der Waals surface area contributed by atoms with Gasteiger partial charge in [-0.1, -0.05) is 30.3 Å². The lowest BCUT2D eigenvalue weighted by Gasteiger charge is -2.22. The molecule has 0 radical (unpaired) electrons. The van der Waals surface area contributed by atoms with E-state index in [1.54, 1.807) is 0 Å². The van der Waals surface area contributed by atoms with Crippen LogP contribution in [0.4, 0.5) is 0 Å². The number of benzene rings is 2. The second kappa shape index (κ2) is 7.79. The molecule has 0 aliphatic carbocycles. The summed E-state index contributed by atoms with van der Waals surface area (Å²) < 4.78 is 17.2. The fraction of sp³-hybridized carbons (Fsp3) is 0.389. The third-order valence-corrected chi connectivity index (χ3v) is 4.70. The monoisotopic (exact) mass is 378 g/mol. The first-order valence-corrected chi connectivity index (χ1v) is 8.60. The number of carbonyl (C=O) groups is 1. The number of rotatable bonds is 5. The molecule has 1 unspecified atom stereocenters. The molecule has 23 heavy (non-hydrogen) atoms. The predicted octanol–water partition coefficient (Wildman–Crippen LogP) is 4.09. The summed E-state index contributed by atoms with van der Waals surface area (Å²) in [5.74, 6) is 0.258. The molecule has 1 aliphatic heterocycles. The van der Waals surface area contributed by atoms with Crippen LogP contribution in [0.25, 0.3) is 10.8 Å². The molecule has 0 aromatic heterocycles. The molecular weight excluding hydrogens is 360 g/mol. The van der Waals surface area contributed by atoms with Crippen LogP contribution in [0, 0.1) is 0 Å². The Labute approximate surface area is 143 Å². The highest BCUT2D eigenvalue weighted by Crippen LogP contribution is 2.32. The number of hydrogen-bond donors (Lipinski definition) is 0. The van der Waals surface area contributed by atoms with Crippen molar-refractivity contribution in [3.05, 3.63) is 40.9 Å². The molecule has 0 amide bonds. The Morgan fingerprint density at radius 3 is 2.91 bits per heavy atom. The molecule has 0 spiro atoms. The van der Waals surface area contributed by atoms with E-state index in [1.807, 2.05) is 36.4 Å². The summed E-state index contributed by atoms with van der Waals surface area (Å²) in [6, 6.07) is 11.8. The third kappa shape index (κ3) is 4.24. The number of carbonyl (C=O) groups excluding carboxylic acids is 1. The Kier molecular flexibility index (Phi) is 5.51. The van der Waals surface area contributed by atoms with Crippen LogP contribution >= 0.6 is 15.9 Å². The van der Waals surface area contributed by atoms with Crippen molar-refractivity contribution in [2.24, 2.45) is 0 Å². The smallest absolute Gasteiger partial charge is 0.344 e. The van der Waals surface area contributed by atoms with Crippen LogP contribution in [-0.4, -0.2) is 31.9 Å². The van der Waals surface area contributed by atoms with Crippen LogP contribution in [-0.2, 0) is 14.3 Å². The zero-order valence-electron chi connectivity index (χ0n) is 12.8. The van der Waals surface area contributed by atoms with Gasteiger partial charge in [0.1, 0.15) is 12.4 Å². The molecule has 3 rings (SSSR count). The van der Waals surface area contributed by atoms with Crippen molar-refractivity contribution in [1.82, 2.24) is 0 Å². The summed E-state index contributed by atoms with van der Waals surface area (Å²) in [6.07, 6.45) is 3.19. The van der Waals surface area contributed by atoms with Crippen molar-refractivity contribution < 1.29 is 19.0 Å². The summed E-state index contributed by atoms with van der Waals surface area (Å²) in [7, 11) is 0. The molecule has 1 aliphatic rings. The standard InChI is InChI=1S/C18H19BrO4/c19-18-15-7-2-1-5-13(15)8-9-16(18)22-12-17(20)23-11-14-6-3-4-10-21-14/h1-2,5,7-9,14H,3-4,6,10-12H2. The van der Waals surface area contributed by atoms with Gasteiger partial charge < -0.3 is 14.2 Å². The van der Waals surface area contributed by atoms with Gasteiger partial charge in [0.15, 0.2) is 6.61 Å². The van der Waals surface area contributed by atoms with Gasteiger partial charge >= 0.3 is 5.97 Å². The average Bonchev–Trinajstić information content (AvgIpc) is 2.60. The van der Waals surface area contributed by atoms with E-state index in [0.717, 1.165) is 41.1 Å². The van der Waals surface area contributed by atoms with Crippen LogP contribution in [0.5, 0.6) is 5.75 Å². The third-order valence-electron chi connectivity index (χ3n) is 3.88. The molecule has 1 heterocycles. The van der Waals surface area contributed by atoms with Crippen molar-refractivity contribution in [2.45, 2.75) is 25.4 Å². The Morgan fingerprint density at radius 1 is 1.22 bits per heavy atom. The van der Waals surface area contributed by atoms with Gasteiger partial charge in [0.05, 0.1) is 10.6 Å². The highest BCUT2D eigenvalue weighted by molar-refractivity contribution is 9.10. The Balaban J connectivity index is 1.53. The van der Waals surface area contributed by atoms with E-state index in [1.165, 1.54) is 0 Å². The maximum Gasteiger partial charge on any atom is 0.344 e. The minimum Gasteiger partial charge on any atom is -0.481 e. The first-order chi connectivity index (χ1) is 11.2. The van der Waals surface area contributed by atoms with Gasteiger partial charge in [-0.2, -0.15) is 0 Å². The van der Waals surface area contributed by atoms with E-state index in [0.29, 0.717) is 12.4 Å². The van der Waals surface area contributed by atoms with Crippen molar-refractivity contribution in [3.8, 4) is 5.75 Å². The summed E-state index contributed by atoms with van der Waals surface area (Å²) in [5, 5.41) is 2.16. The summed E-state index contributed by atoms with van der Waals surface area (Å²) >= 11 is 3.54. The molecule has 122 valence electrons. The molecule has 0 N–H and O–H groups in total. The highest BCUT2D eigenvalue weighted by Gasteiger charge is 2.16. The molecule has 0 saturated carbocycles. The maximum atomic E-state index is 11.8. The lowest BCUT2D eigenvalue weighted by molar-refractivity contribution is -0.151. The van der Waals surface area contributed by atoms with Gasteiger partial charge in [0, 0.05) is 6.61 Å². The van der Waals surface area contributed by atoms with Crippen LogP contribution in [0.3, 0.4) is 0 Å². The summed E-state index contributed by atoms with van der Waals surface area (Å²) in [4.78, 5) is 11.8. The fourth-order valence-corrected chi connectivity index (χ4v) is 3.24. The molecule has 0 bridgehead atoms. The quantitative estimate of drug-likeness (QED) is 0.734. The molecule has 4 nitrogen and oxygen atoms in total. The van der Waals surface area contributed by atoms with Crippen LogP contribution in [0.15, 0.2) is 40.9 Å². The SMILES string of the molecule is O=C(COc1ccc2ccccc2c1Br)OCC1CCCCO1. The van der Waals surface area contributed by atoms with Crippen molar-refractivity contribution in [3.63, 3.8) is 0 Å². The van der Waals surface area contributed by atoms with E-state index in [-0.39, 0.29) is 18.7 Å².